The van der Waals surface area contributed by atoms with Crippen LogP contribution >= 0.6 is 0 Å². The van der Waals surface area contributed by atoms with Gasteiger partial charge in [-0.2, -0.15) is 0 Å². The van der Waals surface area contributed by atoms with Gasteiger partial charge in [0.05, 0.1) is 0 Å². The molecule has 20 heavy (non-hydrogen) atoms. The summed E-state index contributed by atoms with van der Waals surface area (Å²) in [5.74, 6) is 1.27. The molecule has 1 saturated heterocycles. The Kier molecular flexibility index (Phi) is 5.41. The largest absolute Gasteiger partial charge is 0.484 e. The Hall–Kier alpha value is -1.55. The van der Waals surface area contributed by atoms with Gasteiger partial charge in [-0.15, -0.1) is 0 Å². The van der Waals surface area contributed by atoms with Gasteiger partial charge in [0, 0.05) is 19.1 Å². The Balaban J connectivity index is 1.95. The second kappa shape index (κ2) is 7.29. The van der Waals surface area contributed by atoms with Crippen molar-refractivity contribution in [2.24, 2.45) is 5.92 Å². The second-order valence-corrected chi connectivity index (χ2v) is 5.56. The van der Waals surface area contributed by atoms with Crippen molar-refractivity contribution in [2.75, 3.05) is 26.2 Å². The number of nitrogens with one attached hydrogen (secondary N) is 1. The summed E-state index contributed by atoms with van der Waals surface area (Å²) in [4.78, 5) is 14.4. The van der Waals surface area contributed by atoms with E-state index in [2.05, 4.69) is 19.2 Å². The van der Waals surface area contributed by atoms with Crippen LogP contribution in [0.25, 0.3) is 0 Å². The summed E-state index contributed by atoms with van der Waals surface area (Å²) in [5, 5.41) is 3.40. The van der Waals surface area contributed by atoms with Gasteiger partial charge < -0.3 is 15.0 Å². The van der Waals surface area contributed by atoms with Crippen LogP contribution in [0.5, 0.6) is 5.75 Å². The number of carbonyl (C=O) groups is 1. The monoisotopic (exact) mass is 276 g/mol. The van der Waals surface area contributed by atoms with Crippen molar-refractivity contribution in [1.29, 1.82) is 0 Å². The van der Waals surface area contributed by atoms with Gasteiger partial charge in [0.15, 0.2) is 6.61 Å². The van der Waals surface area contributed by atoms with E-state index in [1.807, 2.05) is 35.2 Å². The first-order valence-electron chi connectivity index (χ1n) is 7.36. The minimum absolute atomic E-state index is 0.0799. The molecule has 1 unspecified atom stereocenters. The highest BCUT2D eigenvalue weighted by Crippen LogP contribution is 2.15. The molecular weight excluding hydrogens is 252 g/mol. The molecule has 4 heteroatoms. The number of carbonyl (C=O) groups excluding carboxylic acids is 1. The highest BCUT2D eigenvalue weighted by Gasteiger charge is 2.27. The standard InChI is InChI=1S/C16H24N2O2/c1-13(2)15-11-17-9-6-10-18(15)16(19)12-20-14-7-4-3-5-8-14/h3-5,7-8,13,15,17H,6,9-12H2,1-2H3. The van der Waals surface area contributed by atoms with Gasteiger partial charge in [0.1, 0.15) is 5.75 Å². The number of rotatable bonds is 4. The second-order valence-electron chi connectivity index (χ2n) is 5.56. The summed E-state index contributed by atoms with van der Waals surface area (Å²) in [6.07, 6.45) is 1.00. The minimum atomic E-state index is 0.0799. The summed E-state index contributed by atoms with van der Waals surface area (Å²) >= 11 is 0. The SMILES string of the molecule is CC(C)C1CNCCCN1C(=O)COc1ccccc1. The molecule has 0 spiro atoms. The number of nitrogens with zero attached hydrogens (tertiary/aromatic N) is 1. The molecule has 0 saturated carbocycles. The molecule has 0 radical (unpaired) electrons. The van der Waals surface area contributed by atoms with Gasteiger partial charge in [-0.3, -0.25) is 4.79 Å². The quantitative estimate of drug-likeness (QED) is 0.913. The molecule has 1 heterocycles. The van der Waals surface area contributed by atoms with Crippen molar-refractivity contribution in [3.8, 4) is 5.75 Å². The number of para-hydroxylation sites is 1. The zero-order chi connectivity index (χ0) is 14.4. The molecule has 1 N–H and O–H groups in total. The van der Waals surface area contributed by atoms with Gasteiger partial charge in [-0.1, -0.05) is 32.0 Å². The molecule has 4 nitrogen and oxygen atoms in total. The molecule has 1 aromatic rings. The molecule has 1 atom stereocenters. The van der Waals surface area contributed by atoms with E-state index >= 15 is 0 Å². The van der Waals surface area contributed by atoms with Crippen molar-refractivity contribution in [1.82, 2.24) is 10.2 Å². The summed E-state index contributed by atoms with van der Waals surface area (Å²) in [7, 11) is 0. The van der Waals surface area contributed by atoms with E-state index in [1.54, 1.807) is 0 Å². The first-order chi connectivity index (χ1) is 9.68. The number of hydrogen-bond acceptors (Lipinski definition) is 3. The Morgan fingerprint density at radius 1 is 1.40 bits per heavy atom. The fourth-order valence-electron chi connectivity index (χ4n) is 2.55. The molecule has 1 aliphatic rings. The highest BCUT2D eigenvalue weighted by atomic mass is 16.5. The van der Waals surface area contributed by atoms with Gasteiger partial charge in [0.2, 0.25) is 0 Å². The van der Waals surface area contributed by atoms with E-state index in [9.17, 15) is 4.79 Å². The Morgan fingerprint density at radius 2 is 2.15 bits per heavy atom. The summed E-state index contributed by atoms with van der Waals surface area (Å²) in [5.41, 5.74) is 0. The predicted octanol–water partition coefficient (Wildman–Crippen LogP) is 1.91. The van der Waals surface area contributed by atoms with Gasteiger partial charge in [-0.05, 0) is 31.0 Å². The highest BCUT2D eigenvalue weighted by molar-refractivity contribution is 5.78. The average molecular weight is 276 g/mol. The van der Waals surface area contributed by atoms with Crippen LogP contribution < -0.4 is 10.1 Å². The molecule has 1 amide bonds. The Bertz CT molecular complexity index is 420. The lowest BCUT2D eigenvalue weighted by atomic mass is 10.0. The number of amides is 1. The molecular formula is C16H24N2O2. The average Bonchev–Trinajstić information content (AvgIpc) is 2.71. The minimum Gasteiger partial charge on any atom is -0.484 e. The van der Waals surface area contributed by atoms with Crippen LogP contribution in [0.4, 0.5) is 0 Å². The first kappa shape index (κ1) is 14.9. The molecule has 0 aliphatic carbocycles. The molecule has 0 aromatic heterocycles. The zero-order valence-corrected chi connectivity index (χ0v) is 12.3. The lowest BCUT2D eigenvalue weighted by molar-refractivity contribution is -0.136. The van der Waals surface area contributed by atoms with E-state index in [1.165, 1.54) is 0 Å². The van der Waals surface area contributed by atoms with Gasteiger partial charge in [0.25, 0.3) is 5.91 Å². The molecule has 1 aromatic carbocycles. The molecule has 2 rings (SSSR count). The van der Waals surface area contributed by atoms with Crippen molar-refractivity contribution in [3.63, 3.8) is 0 Å². The third-order valence-electron chi connectivity index (χ3n) is 3.70. The molecule has 110 valence electrons. The van der Waals surface area contributed by atoms with E-state index in [0.29, 0.717) is 5.92 Å². The van der Waals surface area contributed by atoms with Crippen LogP contribution in [-0.2, 0) is 4.79 Å². The molecule has 1 fully saturated rings. The zero-order valence-electron chi connectivity index (χ0n) is 12.3. The predicted molar refractivity (Wildman–Crippen MR) is 79.8 cm³/mol. The Morgan fingerprint density at radius 3 is 2.85 bits per heavy atom. The van der Waals surface area contributed by atoms with Crippen LogP contribution in [0.15, 0.2) is 30.3 Å². The summed E-state index contributed by atoms with van der Waals surface area (Å²) in [6, 6.07) is 9.75. The van der Waals surface area contributed by atoms with Crippen LogP contribution in [0, 0.1) is 5.92 Å². The fourth-order valence-corrected chi connectivity index (χ4v) is 2.55. The topological polar surface area (TPSA) is 41.6 Å². The van der Waals surface area contributed by atoms with Crippen LogP contribution in [0.2, 0.25) is 0 Å². The number of ether oxygens (including phenoxy) is 1. The van der Waals surface area contributed by atoms with Gasteiger partial charge >= 0.3 is 0 Å². The number of benzene rings is 1. The summed E-state index contributed by atoms with van der Waals surface area (Å²) in [6.45, 7) is 7.10. The maximum absolute atomic E-state index is 12.4. The van der Waals surface area contributed by atoms with Crippen molar-refractivity contribution >= 4 is 5.91 Å². The maximum atomic E-state index is 12.4. The third-order valence-corrected chi connectivity index (χ3v) is 3.70. The smallest absolute Gasteiger partial charge is 0.260 e. The van der Waals surface area contributed by atoms with Crippen molar-refractivity contribution in [2.45, 2.75) is 26.3 Å². The maximum Gasteiger partial charge on any atom is 0.260 e. The van der Waals surface area contributed by atoms with E-state index in [-0.39, 0.29) is 18.6 Å². The van der Waals surface area contributed by atoms with E-state index < -0.39 is 0 Å². The lowest BCUT2D eigenvalue weighted by Crippen LogP contribution is -2.48. The Labute approximate surface area is 121 Å². The van der Waals surface area contributed by atoms with Crippen LogP contribution in [0.1, 0.15) is 20.3 Å². The van der Waals surface area contributed by atoms with E-state index in [0.717, 1.165) is 31.8 Å². The lowest BCUT2D eigenvalue weighted by Gasteiger charge is -2.32. The molecule has 0 bridgehead atoms. The van der Waals surface area contributed by atoms with Crippen molar-refractivity contribution < 1.29 is 9.53 Å². The fraction of sp³-hybridized carbons (Fsp3) is 0.562. The van der Waals surface area contributed by atoms with Crippen LogP contribution in [-0.4, -0.2) is 43.1 Å². The number of hydrogen-bond donors (Lipinski definition) is 1. The van der Waals surface area contributed by atoms with Crippen LogP contribution in [0.3, 0.4) is 0 Å². The molecule has 1 aliphatic heterocycles. The van der Waals surface area contributed by atoms with E-state index in [4.69, 9.17) is 4.74 Å². The summed E-state index contributed by atoms with van der Waals surface area (Å²) < 4.78 is 5.58. The third kappa shape index (κ3) is 3.97. The van der Waals surface area contributed by atoms with Gasteiger partial charge in [-0.25, -0.2) is 0 Å². The van der Waals surface area contributed by atoms with Crippen molar-refractivity contribution in [3.05, 3.63) is 30.3 Å². The normalized spacial score (nSPS) is 19.8. The first-order valence-corrected chi connectivity index (χ1v) is 7.36.